The zero-order chi connectivity index (χ0) is 26.0. The first kappa shape index (κ1) is 25.6. The van der Waals surface area contributed by atoms with Crippen LogP contribution < -0.4 is 14.2 Å². The molecule has 1 aliphatic heterocycles. The number of amides is 1. The number of carbonyl (C=O) groups is 1. The Kier molecular flexibility index (Phi) is 7.59. The van der Waals surface area contributed by atoms with Gasteiger partial charge < -0.3 is 28.3 Å². The summed E-state index contributed by atoms with van der Waals surface area (Å²) in [6.07, 6.45) is 3.47. The molecule has 7 heteroatoms. The van der Waals surface area contributed by atoms with Crippen molar-refractivity contribution >= 4 is 22.4 Å². The maximum Gasteiger partial charge on any atom is 0.247 e. The van der Waals surface area contributed by atoms with Gasteiger partial charge >= 0.3 is 0 Å². The Hall–Kier alpha value is -3.45. The zero-order valence-electron chi connectivity index (χ0n) is 22.1. The molecule has 0 N–H and O–H groups in total. The number of ether oxygens (including phenoxy) is 4. The van der Waals surface area contributed by atoms with Gasteiger partial charge in [0.05, 0.1) is 39.3 Å². The first-order chi connectivity index (χ1) is 17.3. The first-order valence-electron chi connectivity index (χ1n) is 12.3. The van der Waals surface area contributed by atoms with Crippen molar-refractivity contribution in [1.29, 1.82) is 0 Å². The van der Waals surface area contributed by atoms with Crippen LogP contribution in [0, 0.1) is 6.92 Å². The molecule has 1 saturated heterocycles. The quantitative estimate of drug-likeness (QED) is 0.384. The summed E-state index contributed by atoms with van der Waals surface area (Å²) in [5.41, 5.74) is 5.21. The lowest BCUT2D eigenvalue weighted by Crippen LogP contribution is -2.47. The molecular weight excluding hydrogens is 458 g/mol. The molecule has 7 nitrogen and oxygen atoms in total. The summed E-state index contributed by atoms with van der Waals surface area (Å²) in [7, 11) is 3.23. The molecule has 1 aliphatic rings. The van der Waals surface area contributed by atoms with E-state index in [-0.39, 0.29) is 18.1 Å². The van der Waals surface area contributed by atoms with Gasteiger partial charge in [0.15, 0.2) is 11.5 Å². The van der Waals surface area contributed by atoms with E-state index in [4.69, 9.17) is 23.4 Å². The monoisotopic (exact) mass is 493 g/mol. The van der Waals surface area contributed by atoms with Gasteiger partial charge in [-0.2, -0.15) is 0 Å². The van der Waals surface area contributed by atoms with Crippen molar-refractivity contribution in [3.05, 3.63) is 47.7 Å². The van der Waals surface area contributed by atoms with Gasteiger partial charge in [0.2, 0.25) is 5.91 Å². The van der Waals surface area contributed by atoms with Crippen molar-refractivity contribution in [2.75, 3.05) is 33.9 Å². The summed E-state index contributed by atoms with van der Waals surface area (Å²) in [4.78, 5) is 15.0. The van der Waals surface area contributed by atoms with E-state index in [1.165, 1.54) is 0 Å². The molecule has 2 unspecified atom stereocenters. The van der Waals surface area contributed by atoms with Crippen LogP contribution in [0.4, 0.5) is 0 Å². The predicted octanol–water partition coefficient (Wildman–Crippen LogP) is 5.86. The molecule has 1 fully saturated rings. The van der Waals surface area contributed by atoms with Crippen LogP contribution in [0.3, 0.4) is 0 Å². The van der Waals surface area contributed by atoms with Crippen LogP contribution >= 0.6 is 0 Å². The number of nitrogens with zero attached hydrogens (tertiary/aromatic N) is 1. The van der Waals surface area contributed by atoms with Gasteiger partial charge in [-0.05, 0) is 64.0 Å². The molecule has 0 saturated carbocycles. The van der Waals surface area contributed by atoms with Gasteiger partial charge in [-0.25, -0.2) is 0 Å². The molecule has 0 aliphatic carbocycles. The van der Waals surface area contributed by atoms with E-state index in [0.29, 0.717) is 31.2 Å². The second kappa shape index (κ2) is 10.7. The van der Waals surface area contributed by atoms with E-state index in [1.54, 1.807) is 26.6 Å². The minimum absolute atomic E-state index is 0.0129. The highest BCUT2D eigenvalue weighted by Crippen LogP contribution is 2.42. The van der Waals surface area contributed by atoms with E-state index in [9.17, 15) is 4.79 Å². The second-order valence-electron chi connectivity index (χ2n) is 9.23. The van der Waals surface area contributed by atoms with E-state index in [1.807, 2.05) is 63.8 Å². The third-order valence-electron chi connectivity index (χ3n) is 6.52. The topological polar surface area (TPSA) is 70.4 Å². The standard InChI is InChI=1S/C29H35NO6/c1-8-34-28-20(5)29-23(24(16-35-29)21-9-10-25(32-6)26(12-21)33-7)13-22(28)17(2)11-27(31)30-14-18(3)36-19(4)15-30/h9-13,16,18-19H,8,14-15H2,1-7H3/b17-11+. The number of benzene rings is 2. The van der Waals surface area contributed by atoms with Gasteiger partial charge in [0.1, 0.15) is 11.3 Å². The fraction of sp³-hybridized carbons (Fsp3) is 0.414. The van der Waals surface area contributed by atoms with Crippen molar-refractivity contribution in [2.45, 2.75) is 46.8 Å². The van der Waals surface area contributed by atoms with E-state index < -0.39 is 0 Å². The summed E-state index contributed by atoms with van der Waals surface area (Å²) in [6, 6.07) is 7.83. The number of fused-ring (bicyclic) bond motifs is 1. The number of hydrogen-bond acceptors (Lipinski definition) is 6. The van der Waals surface area contributed by atoms with Crippen LogP contribution in [0.1, 0.15) is 38.8 Å². The van der Waals surface area contributed by atoms with Gasteiger partial charge in [-0.3, -0.25) is 4.79 Å². The SMILES string of the molecule is CCOc1c(/C(C)=C/C(=O)N2CC(C)OC(C)C2)cc2c(-c3ccc(OC)c(OC)c3)coc2c1C. The van der Waals surface area contributed by atoms with E-state index in [0.717, 1.165) is 44.5 Å². The average Bonchev–Trinajstić information content (AvgIpc) is 3.28. The molecule has 2 heterocycles. The molecule has 2 atom stereocenters. The highest BCUT2D eigenvalue weighted by molar-refractivity contribution is 6.02. The van der Waals surface area contributed by atoms with E-state index >= 15 is 0 Å². The van der Waals surface area contributed by atoms with Gasteiger partial charge in [-0.15, -0.1) is 0 Å². The zero-order valence-corrected chi connectivity index (χ0v) is 22.1. The number of aryl methyl sites for hydroxylation is 1. The lowest BCUT2D eigenvalue weighted by atomic mass is 9.96. The molecule has 0 spiro atoms. The minimum atomic E-state index is -0.0259. The molecule has 4 rings (SSSR count). The number of allylic oxidation sites excluding steroid dienone is 1. The van der Waals surface area contributed by atoms with E-state index in [2.05, 4.69) is 0 Å². The number of furan rings is 1. The highest BCUT2D eigenvalue weighted by Gasteiger charge is 2.26. The molecule has 1 amide bonds. The number of hydrogen-bond donors (Lipinski definition) is 0. The number of carbonyl (C=O) groups excluding carboxylic acids is 1. The third kappa shape index (κ3) is 4.93. The summed E-state index contributed by atoms with van der Waals surface area (Å²) in [5.74, 6) is 2.00. The molecule has 2 aromatic carbocycles. The van der Waals surface area contributed by atoms with Gasteiger partial charge in [0, 0.05) is 41.2 Å². The minimum Gasteiger partial charge on any atom is -0.493 e. The average molecular weight is 494 g/mol. The second-order valence-corrected chi connectivity index (χ2v) is 9.23. The maximum absolute atomic E-state index is 13.2. The molecule has 36 heavy (non-hydrogen) atoms. The highest BCUT2D eigenvalue weighted by atomic mass is 16.5. The molecule has 192 valence electrons. The van der Waals surface area contributed by atoms with Gasteiger partial charge in [0.25, 0.3) is 0 Å². The molecule has 3 aromatic rings. The lowest BCUT2D eigenvalue weighted by Gasteiger charge is -2.34. The Bertz CT molecular complexity index is 1280. The van der Waals surface area contributed by atoms with Crippen LogP contribution in [-0.2, 0) is 9.53 Å². The summed E-state index contributed by atoms with van der Waals surface area (Å²) in [5, 5.41) is 0.937. The summed E-state index contributed by atoms with van der Waals surface area (Å²) >= 11 is 0. The van der Waals surface area contributed by atoms with Crippen molar-refractivity contribution in [3.8, 4) is 28.4 Å². The molecule has 0 bridgehead atoms. The first-order valence-corrected chi connectivity index (χ1v) is 12.3. The largest absolute Gasteiger partial charge is 0.493 e. The van der Waals surface area contributed by atoms with Crippen LogP contribution in [0.2, 0.25) is 0 Å². The van der Waals surface area contributed by atoms with Crippen molar-refractivity contribution in [1.82, 2.24) is 4.90 Å². The van der Waals surface area contributed by atoms with Gasteiger partial charge in [-0.1, -0.05) is 6.07 Å². The van der Waals surface area contributed by atoms with Crippen molar-refractivity contribution in [2.24, 2.45) is 0 Å². The van der Waals surface area contributed by atoms with Crippen molar-refractivity contribution in [3.63, 3.8) is 0 Å². The Balaban J connectivity index is 1.80. The normalized spacial score (nSPS) is 18.4. The Morgan fingerprint density at radius 2 is 1.81 bits per heavy atom. The Labute approximate surface area is 212 Å². The summed E-state index contributed by atoms with van der Waals surface area (Å²) < 4.78 is 28.8. The third-order valence-corrected chi connectivity index (χ3v) is 6.52. The number of morpholine rings is 1. The molecule has 0 radical (unpaired) electrons. The Morgan fingerprint density at radius 1 is 1.11 bits per heavy atom. The molecular formula is C29H35NO6. The van der Waals surface area contributed by atoms with Crippen LogP contribution in [0.15, 0.2) is 41.0 Å². The summed E-state index contributed by atoms with van der Waals surface area (Å²) in [6.45, 7) is 11.5. The van der Waals surface area contributed by atoms with Crippen molar-refractivity contribution < 1.29 is 28.2 Å². The smallest absolute Gasteiger partial charge is 0.247 e. The van der Waals surface area contributed by atoms with Crippen LogP contribution in [0.25, 0.3) is 27.7 Å². The lowest BCUT2D eigenvalue weighted by molar-refractivity contribution is -0.137. The van der Waals surface area contributed by atoms with Crippen LogP contribution in [-0.4, -0.2) is 56.9 Å². The predicted molar refractivity (Wildman–Crippen MR) is 141 cm³/mol. The fourth-order valence-corrected chi connectivity index (χ4v) is 4.88. The maximum atomic E-state index is 13.2. The Morgan fingerprint density at radius 3 is 2.44 bits per heavy atom. The number of rotatable bonds is 7. The van der Waals surface area contributed by atoms with Crippen LogP contribution in [0.5, 0.6) is 17.2 Å². The number of methoxy groups -OCH3 is 2. The fourth-order valence-electron chi connectivity index (χ4n) is 4.88. The molecule has 1 aromatic heterocycles.